The highest BCUT2D eigenvalue weighted by Crippen LogP contribution is 2.24. The van der Waals surface area contributed by atoms with Crippen molar-refractivity contribution in [2.45, 2.75) is 32.7 Å². The number of nitrogens with zero attached hydrogens (tertiary/aromatic N) is 3. The maximum atomic E-state index is 8.79. The molecule has 0 amide bonds. The van der Waals surface area contributed by atoms with Gasteiger partial charge in [-0.2, -0.15) is 5.26 Å². The lowest BCUT2D eigenvalue weighted by Gasteiger charge is -2.14. The Bertz CT molecular complexity index is 604. The molecule has 0 aliphatic carbocycles. The molecule has 19 heavy (non-hydrogen) atoms. The number of aromatic nitrogens is 2. The van der Waals surface area contributed by atoms with Gasteiger partial charge in [0.15, 0.2) is 0 Å². The number of pyridine rings is 1. The minimum atomic E-state index is 0.0771. The van der Waals surface area contributed by atoms with Crippen LogP contribution in [-0.4, -0.2) is 9.97 Å². The van der Waals surface area contributed by atoms with E-state index in [1.807, 2.05) is 18.2 Å². The molecule has 0 aliphatic heterocycles. The maximum Gasteiger partial charge on any atom is 0.142 e. The lowest BCUT2D eigenvalue weighted by molar-refractivity contribution is 0.571. The highest BCUT2D eigenvalue weighted by atomic mass is 32.1. The molecular formula is C14H16N4S. The minimum Gasteiger partial charge on any atom is -0.364 e. The summed E-state index contributed by atoms with van der Waals surface area (Å²) >= 11 is 1.64. The summed E-state index contributed by atoms with van der Waals surface area (Å²) in [5, 5.41) is 15.1. The van der Waals surface area contributed by atoms with E-state index in [0.717, 1.165) is 10.7 Å². The minimum absolute atomic E-state index is 0.0771. The molecule has 0 fully saturated rings. The number of hydrogen-bond acceptors (Lipinski definition) is 5. The second-order valence-electron chi connectivity index (χ2n) is 5.25. The van der Waals surface area contributed by atoms with E-state index in [1.54, 1.807) is 17.4 Å². The fraction of sp³-hybridized carbons (Fsp3) is 0.357. The van der Waals surface area contributed by atoms with Crippen LogP contribution in [0.25, 0.3) is 0 Å². The first kappa shape index (κ1) is 13.5. The van der Waals surface area contributed by atoms with Gasteiger partial charge in [0.05, 0.1) is 12.2 Å². The standard InChI is InChI=1S/C14H16N4S/c1-14(2,3)11-9-19-13(18-11)8-16-12-6-4-5-10(7-15)17-12/h4-6,9H,8H2,1-3H3,(H,16,17). The van der Waals surface area contributed by atoms with Crippen molar-refractivity contribution in [3.8, 4) is 6.07 Å². The summed E-state index contributed by atoms with van der Waals surface area (Å²) in [6.45, 7) is 7.08. The number of nitriles is 1. The monoisotopic (exact) mass is 272 g/mol. The molecule has 98 valence electrons. The molecule has 0 radical (unpaired) electrons. The zero-order valence-corrected chi connectivity index (χ0v) is 12.1. The van der Waals surface area contributed by atoms with Gasteiger partial charge in [-0.15, -0.1) is 11.3 Å². The summed E-state index contributed by atoms with van der Waals surface area (Å²) in [6.07, 6.45) is 0. The fourth-order valence-electron chi connectivity index (χ4n) is 1.50. The van der Waals surface area contributed by atoms with Crippen LogP contribution in [0.5, 0.6) is 0 Å². The van der Waals surface area contributed by atoms with Gasteiger partial charge in [-0.3, -0.25) is 0 Å². The predicted molar refractivity (Wildman–Crippen MR) is 77.1 cm³/mol. The first-order valence-electron chi connectivity index (χ1n) is 6.05. The van der Waals surface area contributed by atoms with Crippen LogP contribution in [0.2, 0.25) is 0 Å². The molecule has 4 nitrogen and oxygen atoms in total. The van der Waals surface area contributed by atoms with Gasteiger partial charge in [-0.25, -0.2) is 9.97 Å². The summed E-state index contributed by atoms with van der Waals surface area (Å²) in [5.74, 6) is 0.701. The largest absolute Gasteiger partial charge is 0.364 e. The topological polar surface area (TPSA) is 61.6 Å². The van der Waals surface area contributed by atoms with Crippen LogP contribution in [0.3, 0.4) is 0 Å². The molecule has 0 unspecified atom stereocenters. The molecule has 2 aromatic rings. The first-order chi connectivity index (χ1) is 8.99. The Balaban J connectivity index is 2.03. The van der Waals surface area contributed by atoms with E-state index in [4.69, 9.17) is 5.26 Å². The van der Waals surface area contributed by atoms with Crippen LogP contribution in [0.1, 0.15) is 37.2 Å². The zero-order chi connectivity index (χ0) is 13.9. The van der Waals surface area contributed by atoms with Gasteiger partial charge in [-0.1, -0.05) is 26.8 Å². The van der Waals surface area contributed by atoms with E-state index >= 15 is 0 Å². The summed E-state index contributed by atoms with van der Waals surface area (Å²) in [6, 6.07) is 7.37. The Hall–Kier alpha value is -1.93. The fourth-order valence-corrected chi connectivity index (χ4v) is 2.46. The zero-order valence-electron chi connectivity index (χ0n) is 11.3. The molecule has 0 aliphatic rings. The quantitative estimate of drug-likeness (QED) is 0.931. The van der Waals surface area contributed by atoms with E-state index in [1.165, 1.54) is 0 Å². The molecule has 0 aromatic carbocycles. The first-order valence-corrected chi connectivity index (χ1v) is 6.93. The van der Waals surface area contributed by atoms with Gasteiger partial charge in [0.2, 0.25) is 0 Å². The molecule has 0 atom stereocenters. The van der Waals surface area contributed by atoms with Crippen LogP contribution in [0, 0.1) is 11.3 Å². The average molecular weight is 272 g/mol. The molecule has 2 aromatic heterocycles. The van der Waals surface area contributed by atoms with Crippen molar-refractivity contribution < 1.29 is 0 Å². The molecule has 2 rings (SSSR count). The number of anilines is 1. The van der Waals surface area contributed by atoms with E-state index in [2.05, 4.69) is 41.4 Å². The number of nitrogens with one attached hydrogen (secondary N) is 1. The second kappa shape index (κ2) is 5.37. The molecule has 0 bridgehead atoms. The molecule has 0 saturated heterocycles. The molecule has 5 heteroatoms. The van der Waals surface area contributed by atoms with Crippen molar-refractivity contribution in [2.75, 3.05) is 5.32 Å². The van der Waals surface area contributed by atoms with Gasteiger partial charge in [-0.05, 0) is 12.1 Å². The molecule has 1 N–H and O–H groups in total. The Morgan fingerprint density at radius 3 is 2.74 bits per heavy atom. The molecular weight excluding hydrogens is 256 g/mol. The highest BCUT2D eigenvalue weighted by molar-refractivity contribution is 7.09. The average Bonchev–Trinajstić information content (AvgIpc) is 2.85. The summed E-state index contributed by atoms with van der Waals surface area (Å²) in [5.41, 5.74) is 1.60. The summed E-state index contributed by atoms with van der Waals surface area (Å²) in [4.78, 5) is 8.77. The Labute approximate surface area is 117 Å². The van der Waals surface area contributed by atoms with Crippen LogP contribution >= 0.6 is 11.3 Å². The third-order valence-electron chi connectivity index (χ3n) is 2.60. The molecule has 0 saturated carbocycles. The highest BCUT2D eigenvalue weighted by Gasteiger charge is 2.17. The number of hydrogen-bond donors (Lipinski definition) is 1. The van der Waals surface area contributed by atoms with Gasteiger partial charge in [0.25, 0.3) is 0 Å². The normalized spacial score (nSPS) is 11.1. The summed E-state index contributed by atoms with van der Waals surface area (Å²) in [7, 11) is 0. The lowest BCUT2D eigenvalue weighted by atomic mass is 9.93. The van der Waals surface area contributed by atoms with E-state index in [0.29, 0.717) is 18.1 Å². The molecule has 2 heterocycles. The SMILES string of the molecule is CC(C)(C)c1csc(CNc2cccc(C#N)n2)n1. The maximum absolute atomic E-state index is 8.79. The number of thiazole rings is 1. The Morgan fingerprint density at radius 1 is 1.32 bits per heavy atom. The number of rotatable bonds is 3. The van der Waals surface area contributed by atoms with Gasteiger partial charge >= 0.3 is 0 Å². The van der Waals surface area contributed by atoms with Gasteiger partial charge < -0.3 is 5.32 Å². The van der Waals surface area contributed by atoms with Crippen molar-refractivity contribution in [1.82, 2.24) is 9.97 Å². The van der Waals surface area contributed by atoms with Crippen molar-refractivity contribution >= 4 is 17.2 Å². The van der Waals surface area contributed by atoms with E-state index < -0.39 is 0 Å². The third-order valence-corrected chi connectivity index (χ3v) is 3.45. The Morgan fingerprint density at radius 2 is 2.11 bits per heavy atom. The van der Waals surface area contributed by atoms with Gasteiger partial charge in [0.1, 0.15) is 22.6 Å². The predicted octanol–water partition coefficient (Wildman–Crippen LogP) is 3.32. The summed E-state index contributed by atoms with van der Waals surface area (Å²) < 4.78 is 0. The second-order valence-corrected chi connectivity index (χ2v) is 6.19. The van der Waals surface area contributed by atoms with Crippen LogP contribution in [0.4, 0.5) is 5.82 Å². The lowest BCUT2D eigenvalue weighted by Crippen LogP contribution is -2.12. The van der Waals surface area contributed by atoms with Crippen LogP contribution in [0.15, 0.2) is 23.6 Å². The van der Waals surface area contributed by atoms with Crippen molar-refractivity contribution in [3.05, 3.63) is 40.0 Å². The van der Waals surface area contributed by atoms with Crippen molar-refractivity contribution in [1.29, 1.82) is 5.26 Å². The van der Waals surface area contributed by atoms with Crippen LogP contribution in [-0.2, 0) is 12.0 Å². The third kappa shape index (κ3) is 3.52. The Kier molecular flexibility index (Phi) is 3.82. The van der Waals surface area contributed by atoms with Crippen LogP contribution < -0.4 is 5.32 Å². The van der Waals surface area contributed by atoms with Gasteiger partial charge in [0, 0.05) is 10.8 Å². The van der Waals surface area contributed by atoms with Crippen molar-refractivity contribution in [2.24, 2.45) is 0 Å². The smallest absolute Gasteiger partial charge is 0.142 e. The van der Waals surface area contributed by atoms with E-state index in [-0.39, 0.29) is 5.41 Å². The molecule has 0 spiro atoms. The van der Waals surface area contributed by atoms with Crippen molar-refractivity contribution in [3.63, 3.8) is 0 Å². The van der Waals surface area contributed by atoms with E-state index in [9.17, 15) is 0 Å².